The first-order chi connectivity index (χ1) is 11.1. The molecule has 0 aliphatic carbocycles. The highest BCUT2D eigenvalue weighted by atomic mass is 16.5. The molecule has 23 heavy (non-hydrogen) atoms. The Labute approximate surface area is 135 Å². The summed E-state index contributed by atoms with van der Waals surface area (Å²) in [5, 5.41) is 15.7. The van der Waals surface area contributed by atoms with E-state index in [1.54, 1.807) is 25.3 Å². The van der Waals surface area contributed by atoms with Gasteiger partial charge < -0.3 is 30.0 Å². The summed E-state index contributed by atoms with van der Waals surface area (Å²) < 4.78 is 15.6. The van der Waals surface area contributed by atoms with Gasteiger partial charge in [0.15, 0.2) is 0 Å². The van der Waals surface area contributed by atoms with E-state index < -0.39 is 6.10 Å². The fraction of sp³-hybridized carbons (Fsp3) is 0.562. The van der Waals surface area contributed by atoms with Crippen LogP contribution in [-0.4, -0.2) is 51.7 Å². The van der Waals surface area contributed by atoms with Crippen LogP contribution in [0, 0.1) is 5.92 Å². The number of ether oxygens (including phenoxy) is 3. The van der Waals surface area contributed by atoms with Crippen molar-refractivity contribution in [1.82, 2.24) is 10.6 Å². The van der Waals surface area contributed by atoms with Gasteiger partial charge in [0.2, 0.25) is 0 Å². The summed E-state index contributed by atoms with van der Waals surface area (Å²) in [6.07, 6.45) is 0.0739. The molecule has 1 aliphatic rings. The summed E-state index contributed by atoms with van der Waals surface area (Å²) in [6, 6.07) is 4.85. The minimum absolute atomic E-state index is 0.0799. The van der Waals surface area contributed by atoms with E-state index in [1.165, 1.54) is 7.11 Å². The number of benzene rings is 1. The number of hydrogen-bond acceptors (Lipinski definition) is 5. The number of aliphatic hydroxyl groups excluding tert-OH is 1. The van der Waals surface area contributed by atoms with Gasteiger partial charge in [-0.3, -0.25) is 0 Å². The molecule has 0 spiro atoms. The van der Waals surface area contributed by atoms with Crippen molar-refractivity contribution in [2.45, 2.75) is 12.5 Å². The first-order valence-corrected chi connectivity index (χ1v) is 7.63. The molecule has 7 heteroatoms. The Morgan fingerprint density at radius 3 is 2.87 bits per heavy atom. The number of hydrogen-bond donors (Lipinski definition) is 3. The highest BCUT2D eigenvalue weighted by Crippen LogP contribution is 2.29. The van der Waals surface area contributed by atoms with Gasteiger partial charge in [0.25, 0.3) is 0 Å². The van der Waals surface area contributed by atoms with Crippen LogP contribution in [0.1, 0.15) is 18.1 Å². The number of urea groups is 1. The van der Waals surface area contributed by atoms with Crippen LogP contribution in [0.15, 0.2) is 18.2 Å². The molecule has 2 unspecified atom stereocenters. The topological polar surface area (TPSA) is 89.0 Å². The summed E-state index contributed by atoms with van der Waals surface area (Å²) in [6.45, 7) is 2.09. The van der Waals surface area contributed by atoms with Gasteiger partial charge in [-0.05, 0) is 24.6 Å². The molecule has 1 heterocycles. The van der Waals surface area contributed by atoms with Crippen LogP contribution in [0.25, 0.3) is 0 Å². The first kappa shape index (κ1) is 17.4. The second kappa shape index (κ2) is 8.59. The van der Waals surface area contributed by atoms with Crippen molar-refractivity contribution in [2.24, 2.45) is 5.92 Å². The van der Waals surface area contributed by atoms with Crippen LogP contribution < -0.4 is 20.1 Å². The van der Waals surface area contributed by atoms with Gasteiger partial charge in [-0.15, -0.1) is 0 Å². The van der Waals surface area contributed by atoms with Crippen LogP contribution >= 0.6 is 0 Å². The molecule has 2 rings (SSSR count). The molecule has 128 valence electrons. The van der Waals surface area contributed by atoms with Crippen LogP contribution in [-0.2, 0) is 4.74 Å². The Morgan fingerprint density at radius 2 is 2.22 bits per heavy atom. The largest absolute Gasteiger partial charge is 0.497 e. The van der Waals surface area contributed by atoms with E-state index in [0.717, 1.165) is 13.0 Å². The van der Waals surface area contributed by atoms with Crippen LogP contribution in [0.2, 0.25) is 0 Å². The average Bonchev–Trinajstić information content (AvgIpc) is 3.10. The van der Waals surface area contributed by atoms with Gasteiger partial charge in [-0.25, -0.2) is 4.79 Å². The molecule has 1 aliphatic heterocycles. The Bertz CT molecular complexity index is 517. The zero-order valence-corrected chi connectivity index (χ0v) is 13.5. The molecule has 1 fully saturated rings. The lowest BCUT2D eigenvalue weighted by Gasteiger charge is -2.17. The monoisotopic (exact) mass is 324 g/mol. The van der Waals surface area contributed by atoms with E-state index in [1.807, 2.05) is 0 Å². The number of aliphatic hydroxyl groups is 1. The molecule has 2 atom stereocenters. The van der Waals surface area contributed by atoms with Crippen molar-refractivity contribution in [3.05, 3.63) is 23.8 Å². The Morgan fingerprint density at radius 1 is 1.39 bits per heavy atom. The number of nitrogens with one attached hydrogen (secondary N) is 2. The van der Waals surface area contributed by atoms with Crippen molar-refractivity contribution >= 4 is 6.03 Å². The Kier molecular flexibility index (Phi) is 6.49. The number of methoxy groups -OCH3 is 2. The van der Waals surface area contributed by atoms with Gasteiger partial charge in [-0.2, -0.15) is 0 Å². The van der Waals surface area contributed by atoms with E-state index in [-0.39, 0.29) is 12.6 Å². The first-order valence-electron chi connectivity index (χ1n) is 7.63. The minimum Gasteiger partial charge on any atom is -0.497 e. The fourth-order valence-corrected chi connectivity index (χ4v) is 2.44. The standard InChI is InChI=1S/C16H24N2O5/c1-21-12-3-4-15(22-2)13(7-12)14(19)9-18-16(20)17-8-11-5-6-23-10-11/h3-4,7,11,14,19H,5-6,8-10H2,1-2H3,(H2,17,18,20). The number of amides is 2. The van der Waals surface area contributed by atoms with Crippen LogP contribution in [0.3, 0.4) is 0 Å². The average molecular weight is 324 g/mol. The molecule has 0 bridgehead atoms. The molecule has 0 aromatic heterocycles. The minimum atomic E-state index is -0.888. The smallest absolute Gasteiger partial charge is 0.314 e. The molecule has 0 radical (unpaired) electrons. The molecular formula is C16H24N2O5. The molecule has 7 nitrogen and oxygen atoms in total. The lowest BCUT2D eigenvalue weighted by atomic mass is 10.1. The molecule has 2 amide bonds. The Hall–Kier alpha value is -1.99. The highest BCUT2D eigenvalue weighted by molar-refractivity contribution is 5.73. The van der Waals surface area contributed by atoms with Crippen molar-refractivity contribution in [3.8, 4) is 11.5 Å². The van der Waals surface area contributed by atoms with Crippen molar-refractivity contribution in [1.29, 1.82) is 0 Å². The Balaban J connectivity index is 1.83. The zero-order chi connectivity index (χ0) is 16.7. The summed E-state index contributed by atoms with van der Waals surface area (Å²) in [7, 11) is 3.08. The van der Waals surface area contributed by atoms with E-state index >= 15 is 0 Å². The predicted molar refractivity (Wildman–Crippen MR) is 84.8 cm³/mol. The third-order valence-corrected chi connectivity index (χ3v) is 3.83. The summed E-state index contributed by atoms with van der Waals surface area (Å²) >= 11 is 0. The van der Waals surface area contributed by atoms with Crippen molar-refractivity contribution in [2.75, 3.05) is 40.5 Å². The second-order valence-corrected chi connectivity index (χ2v) is 5.44. The third kappa shape index (κ3) is 5.01. The number of carbonyl (C=O) groups is 1. The fourth-order valence-electron chi connectivity index (χ4n) is 2.44. The normalized spacial score (nSPS) is 18.3. The summed E-state index contributed by atoms with van der Waals surface area (Å²) in [4.78, 5) is 11.8. The number of rotatable bonds is 7. The van der Waals surface area contributed by atoms with Gasteiger partial charge in [0.05, 0.1) is 20.8 Å². The molecule has 1 aromatic carbocycles. The lowest BCUT2D eigenvalue weighted by molar-refractivity contribution is 0.168. The molecule has 1 saturated heterocycles. The summed E-state index contributed by atoms with van der Waals surface area (Å²) in [5.41, 5.74) is 0.566. The predicted octanol–water partition coefficient (Wildman–Crippen LogP) is 1.07. The molecule has 0 saturated carbocycles. The zero-order valence-electron chi connectivity index (χ0n) is 13.5. The van der Waals surface area contributed by atoms with Gasteiger partial charge in [-0.1, -0.05) is 0 Å². The second-order valence-electron chi connectivity index (χ2n) is 5.44. The maximum Gasteiger partial charge on any atom is 0.314 e. The van der Waals surface area contributed by atoms with Gasteiger partial charge in [0, 0.05) is 31.2 Å². The van der Waals surface area contributed by atoms with E-state index in [2.05, 4.69) is 10.6 Å². The van der Waals surface area contributed by atoms with E-state index in [4.69, 9.17) is 14.2 Å². The maximum absolute atomic E-state index is 11.8. The van der Waals surface area contributed by atoms with E-state index in [0.29, 0.717) is 36.1 Å². The quantitative estimate of drug-likeness (QED) is 0.698. The molecular weight excluding hydrogens is 300 g/mol. The third-order valence-electron chi connectivity index (χ3n) is 3.83. The van der Waals surface area contributed by atoms with Crippen molar-refractivity contribution < 1.29 is 24.1 Å². The van der Waals surface area contributed by atoms with Crippen LogP contribution in [0.4, 0.5) is 4.79 Å². The molecule has 3 N–H and O–H groups in total. The van der Waals surface area contributed by atoms with Gasteiger partial charge in [0.1, 0.15) is 17.6 Å². The van der Waals surface area contributed by atoms with Crippen LogP contribution in [0.5, 0.6) is 11.5 Å². The number of carbonyl (C=O) groups excluding carboxylic acids is 1. The maximum atomic E-state index is 11.8. The lowest BCUT2D eigenvalue weighted by Crippen LogP contribution is -2.40. The van der Waals surface area contributed by atoms with E-state index in [9.17, 15) is 9.90 Å². The highest BCUT2D eigenvalue weighted by Gasteiger charge is 2.18. The SMILES string of the molecule is COc1ccc(OC)c(C(O)CNC(=O)NCC2CCOC2)c1. The summed E-state index contributed by atoms with van der Waals surface area (Å²) in [5.74, 6) is 1.53. The van der Waals surface area contributed by atoms with Gasteiger partial charge >= 0.3 is 6.03 Å². The molecule has 1 aromatic rings. The van der Waals surface area contributed by atoms with Crippen molar-refractivity contribution in [3.63, 3.8) is 0 Å².